The molecule has 1 aromatic rings. The summed E-state index contributed by atoms with van der Waals surface area (Å²) in [6.07, 6.45) is -0.0330. The predicted octanol–water partition coefficient (Wildman–Crippen LogP) is 0.701. The topological polar surface area (TPSA) is 111 Å². The summed E-state index contributed by atoms with van der Waals surface area (Å²) < 4.78 is 15.1. The molecule has 2 rings (SSSR count). The number of fused-ring (bicyclic) bond motifs is 1. The van der Waals surface area contributed by atoms with Crippen molar-refractivity contribution in [3.63, 3.8) is 0 Å². The lowest BCUT2D eigenvalue weighted by atomic mass is 10.0. The van der Waals surface area contributed by atoms with Gasteiger partial charge >= 0.3 is 5.97 Å². The lowest BCUT2D eigenvalue weighted by Gasteiger charge is -2.29. The number of rotatable bonds is 10. The normalized spacial score (nSPS) is 12.8. The molecule has 1 aromatic carbocycles. The van der Waals surface area contributed by atoms with Crippen LogP contribution in [0.3, 0.4) is 0 Å². The summed E-state index contributed by atoms with van der Waals surface area (Å²) in [7, 11) is 1.52. The van der Waals surface area contributed by atoms with E-state index in [4.69, 9.17) is 14.2 Å². The molecule has 1 aliphatic heterocycles. The van der Waals surface area contributed by atoms with Crippen molar-refractivity contribution in [3.8, 4) is 5.75 Å². The summed E-state index contributed by atoms with van der Waals surface area (Å²) in [5, 5.41) is 2.65. The molecule has 1 aliphatic rings. The second-order valence-corrected chi connectivity index (χ2v) is 6.02. The van der Waals surface area contributed by atoms with E-state index in [1.807, 2.05) is 0 Å². The van der Waals surface area contributed by atoms with Crippen LogP contribution in [-0.2, 0) is 23.9 Å². The first-order chi connectivity index (χ1) is 13.5. The van der Waals surface area contributed by atoms with Crippen LogP contribution in [0.4, 0.5) is 5.69 Å². The first kappa shape index (κ1) is 21.4. The van der Waals surface area contributed by atoms with Crippen LogP contribution in [0.15, 0.2) is 18.2 Å². The van der Waals surface area contributed by atoms with Crippen molar-refractivity contribution >= 4 is 29.3 Å². The van der Waals surface area contributed by atoms with E-state index in [2.05, 4.69) is 5.32 Å². The number of benzene rings is 1. The van der Waals surface area contributed by atoms with Crippen molar-refractivity contribution in [2.75, 3.05) is 44.9 Å². The number of carbonyl (C=O) groups excluding carboxylic acids is 4. The maximum absolute atomic E-state index is 12.4. The first-order valence-electron chi connectivity index (χ1n) is 8.98. The molecule has 0 unspecified atom stereocenters. The number of methoxy groups -OCH3 is 1. The van der Waals surface area contributed by atoms with Gasteiger partial charge in [-0.1, -0.05) is 0 Å². The van der Waals surface area contributed by atoms with E-state index < -0.39 is 5.97 Å². The summed E-state index contributed by atoms with van der Waals surface area (Å²) in [6, 6.07) is 4.65. The van der Waals surface area contributed by atoms with E-state index in [1.54, 1.807) is 19.1 Å². The molecule has 0 saturated heterocycles. The van der Waals surface area contributed by atoms with Crippen LogP contribution in [0, 0.1) is 0 Å². The molecule has 9 heteroatoms. The van der Waals surface area contributed by atoms with Crippen molar-refractivity contribution in [3.05, 3.63) is 23.8 Å². The van der Waals surface area contributed by atoms with E-state index in [0.29, 0.717) is 30.2 Å². The molecule has 0 fully saturated rings. The van der Waals surface area contributed by atoms with Crippen LogP contribution in [0.2, 0.25) is 0 Å². The number of hydrogen-bond acceptors (Lipinski definition) is 7. The minimum atomic E-state index is -0.443. The smallest absolute Gasteiger partial charge is 0.306 e. The molecule has 0 aliphatic carbocycles. The Morgan fingerprint density at radius 2 is 2.04 bits per heavy atom. The number of ketones is 1. The zero-order valence-corrected chi connectivity index (χ0v) is 16.0. The van der Waals surface area contributed by atoms with Crippen molar-refractivity contribution in [2.45, 2.75) is 19.8 Å². The largest absolute Gasteiger partial charge is 0.482 e. The van der Waals surface area contributed by atoms with Crippen LogP contribution < -0.4 is 15.0 Å². The average Bonchev–Trinajstić information content (AvgIpc) is 2.68. The molecule has 0 atom stereocenters. The molecule has 28 heavy (non-hydrogen) atoms. The molecular weight excluding hydrogens is 368 g/mol. The van der Waals surface area contributed by atoms with Gasteiger partial charge in [0.15, 0.2) is 12.4 Å². The van der Waals surface area contributed by atoms with Gasteiger partial charge in [0.1, 0.15) is 12.3 Å². The Bertz CT molecular complexity index is 748. The van der Waals surface area contributed by atoms with Crippen LogP contribution in [0.25, 0.3) is 0 Å². The molecule has 0 radical (unpaired) electrons. The number of nitrogens with one attached hydrogen (secondary N) is 1. The quantitative estimate of drug-likeness (QED) is 0.354. The van der Waals surface area contributed by atoms with Gasteiger partial charge in [-0.25, -0.2) is 0 Å². The molecule has 152 valence electrons. The second-order valence-electron chi connectivity index (χ2n) is 6.02. The molecule has 1 N–H and O–H groups in total. The molecule has 9 nitrogen and oxygen atoms in total. The Morgan fingerprint density at radius 1 is 1.25 bits per heavy atom. The third-order valence-corrected chi connectivity index (χ3v) is 4.02. The Kier molecular flexibility index (Phi) is 7.94. The third kappa shape index (κ3) is 5.78. The highest BCUT2D eigenvalue weighted by atomic mass is 16.5. The number of amides is 2. The Morgan fingerprint density at radius 3 is 2.75 bits per heavy atom. The molecule has 2 amide bonds. The number of anilines is 1. The molecule has 0 saturated carbocycles. The lowest BCUT2D eigenvalue weighted by molar-refractivity contribution is -0.143. The number of Topliss-reactive ketones (excluding diaryl/α,β-unsaturated/α-hetero) is 1. The van der Waals surface area contributed by atoms with Crippen molar-refractivity contribution in [1.29, 1.82) is 0 Å². The standard InChI is InChI=1S/C19H24N2O7/c1-3-27-19(25)7-5-15(22)13-4-6-16-14(10-13)21(18(24)12-28-16)11-17(23)20-8-9-26-2/h4,6,10H,3,5,7-9,11-12H2,1-2H3,(H,20,23). The lowest BCUT2D eigenvalue weighted by Crippen LogP contribution is -2.45. The summed E-state index contributed by atoms with van der Waals surface area (Å²) in [5.41, 5.74) is 0.672. The maximum atomic E-state index is 12.4. The Balaban J connectivity index is 2.10. The highest BCUT2D eigenvalue weighted by molar-refractivity contribution is 6.04. The van der Waals surface area contributed by atoms with Crippen molar-refractivity contribution in [2.24, 2.45) is 0 Å². The minimum absolute atomic E-state index is 0.00999. The SMILES string of the molecule is CCOC(=O)CCC(=O)c1ccc2c(c1)N(CC(=O)NCCOC)C(=O)CO2. The van der Waals surface area contributed by atoms with Crippen LogP contribution in [0.1, 0.15) is 30.1 Å². The monoisotopic (exact) mass is 392 g/mol. The van der Waals surface area contributed by atoms with Gasteiger partial charge < -0.3 is 19.5 Å². The van der Waals surface area contributed by atoms with Crippen LogP contribution >= 0.6 is 0 Å². The molecule has 1 heterocycles. The summed E-state index contributed by atoms with van der Waals surface area (Å²) in [5.74, 6) is -1.03. The van der Waals surface area contributed by atoms with Crippen molar-refractivity contribution < 1.29 is 33.4 Å². The van der Waals surface area contributed by atoms with Gasteiger partial charge in [-0.3, -0.25) is 24.1 Å². The summed E-state index contributed by atoms with van der Waals surface area (Å²) >= 11 is 0. The number of ether oxygens (including phenoxy) is 3. The number of carbonyl (C=O) groups is 4. The molecule has 0 aromatic heterocycles. The van der Waals surface area contributed by atoms with Gasteiger partial charge in [0.25, 0.3) is 5.91 Å². The second kappa shape index (κ2) is 10.4. The van der Waals surface area contributed by atoms with Crippen molar-refractivity contribution in [1.82, 2.24) is 5.32 Å². The summed E-state index contributed by atoms with van der Waals surface area (Å²) in [6.45, 7) is 2.26. The highest BCUT2D eigenvalue weighted by Crippen LogP contribution is 2.33. The third-order valence-electron chi connectivity index (χ3n) is 4.02. The maximum Gasteiger partial charge on any atom is 0.306 e. The van der Waals surface area contributed by atoms with Gasteiger partial charge in [0.05, 0.1) is 25.3 Å². The van der Waals surface area contributed by atoms with Gasteiger partial charge in [0.2, 0.25) is 5.91 Å². The molecule has 0 spiro atoms. The predicted molar refractivity (Wildman–Crippen MR) is 99.4 cm³/mol. The molecular formula is C19H24N2O7. The molecule has 0 bridgehead atoms. The fourth-order valence-corrected chi connectivity index (χ4v) is 2.63. The van der Waals surface area contributed by atoms with Gasteiger partial charge in [-0.15, -0.1) is 0 Å². The van der Waals surface area contributed by atoms with E-state index in [0.717, 1.165) is 0 Å². The zero-order valence-electron chi connectivity index (χ0n) is 16.0. The highest BCUT2D eigenvalue weighted by Gasteiger charge is 2.28. The van der Waals surface area contributed by atoms with Gasteiger partial charge in [-0.2, -0.15) is 0 Å². The fourth-order valence-electron chi connectivity index (χ4n) is 2.63. The summed E-state index contributed by atoms with van der Waals surface area (Å²) in [4.78, 5) is 49.4. The van der Waals surface area contributed by atoms with Crippen LogP contribution in [0.5, 0.6) is 5.75 Å². The Labute approximate surface area is 162 Å². The van der Waals surface area contributed by atoms with Gasteiger partial charge in [0, 0.05) is 25.6 Å². The average molecular weight is 392 g/mol. The fraction of sp³-hybridized carbons (Fsp3) is 0.474. The van der Waals surface area contributed by atoms with E-state index in [1.165, 1.54) is 18.1 Å². The zero-order chi connectivity index (χ0) is 20.5. The Hall–Kier alpha value is -2.94. The number of nitrogens with zero attached hydrogens (tertiary/aromatic N) is 1. The van der Waals surface area contributed by atoms with Gasteiger partial charge in [-0.05, 0) is 25.1 Å². The van der Waals surface area contributed by atoms with E-state index >= 15 is 0 Å². The number of esters is 1. The van der Waals surface area contributed by atoms with E-state index in [-0.39, 0.29) is 50.2 Å². The minimum Gasteiger partial charge on any atom is -0.482 e. The van der Waals surface area contributed by atoms with Crippen LogP contribution in [-0.4, -0.2) is 63.6 Å². The number of hydrogen-bond donors (Lipinski definition) is 1. The first-order valence-corrected chi connectivity index (χ1v) is 8.98. The van der Waals surface area contributed by atoms with E-state index in [9.17, 15) is 19.2 Å².